The first-order valence-corrected chi connectivity index (χ1v) is 13.9. The van der Waals surface area contributed by atoms with E-state index in [2.05, 4.69) is 10.6 Å². The van der Waals surface area contributed by atoms with Crippen molar-refractivity contribution in [1.82, 2.24) is 0 Å². The average molecular weight is 618 g/mol. The summed E-state index contributed by atoms with van der Waals surface area (Å²) in [6, 6.07) is 31.0. The van der Waals surface area contributed by atoms with E-state index in [9.17, 15) is 19.8 Å². The van der Waals surface area contributed by atoms with Gasteiger partial charge in [0.25, 0.3) is 0 Å². The molecule has 0 unspecified atom stereocenters. The Labute approximate surface area is 257 Å². The largest absolute Gasteiger partial charge is 0.478 e. The predicted octanol–water partition coefficient (Wildman–Crippen LogP) is 9.79. The zero-order valence-corrected chi connectivity index (χ0v) is 24.1. The molecule has 9 heteroatoms. The normalized spacial score (nSPS) is 10.7. The van der Waals surface area contributed by atoms with Gasteiger partial charge in [-0.05, 0) is 83.8 Å². The van der Waals surface area contributed by atoms with Crippen LogP contribution in [0.4, 0.5) is 22.7 Å². The highest BCUT2D eigenvalue weighted by Gasteiger charge is 2.12. The molecule has 0 heterocycles. The summed E-state index contributed by atoms with van der Waals surface area (Å²) >= 11 is 18.8. The fourth-order valence-electron chi connectivity index (χ4n) is 4.47. The minimum Gasteiger partial charge on any atom is -0.478 e. The Morgan fingerprint density at radius 3 is 1.57 bits per heavy atom. The van der Waals surface area contributed by atoms with Crippen LogP contribution in [0.5, 0.6) is 0 Å². The van der Waals surface area contributed by atoms with E-state index >= 15 is 0 Å². The number of carbonyl (C=O) groups is 2. The van der Waals surface area contributed by atoms with Crippen molar-refractivity contribution < 1.29 is 19.8 Å². The van der Waals surface area contributed by atoms with Crippen LogP contribution in [0.1, 0.15) is 31.8 Å². The summed E-state index contributed by atoms with van der Waals surface area (Å²) in [5, 5.41) is 26.0. The minimum absolute atomic E-state index is 0.0312. The Morgan fingerprint density at radius 1 is 0.595 bits per heavy atom. The van der Waals surface area contributed by atoms with Crippen molar-refractivity contribution in [3.8, 4) is 11.1 Å². The van der Waals surface area contributed by atoms with E-state index in [1.807, 2.05) is 66.7 Å². The first-order chi connectivity index (χ1) is 20.2. The highest BCUT2D eigenvalue weighted by atomic mass is 35.5. The van der Waals surface area contributed by atoms with Crippen molar-refractivity contribution in [2.75, 3.05) is 10.6 Å². The highest BCUT2D eigenvalue weighted by Crippen LogP contribution is 2.33. The third-order valence-electron chi connectivity index (χ3n) is 6.59. The molecule has 210 valence electrons. The van der Waals surface area contributed by atoms with Gasteiger partial charge in [-0.3, -0.25) is 0 Å². The van der Waals surface area contributed by atoms with Crippen LogP contribution < -0.4 is 10.6 Å². The number of halogens is 3. The third kappa shape index (κ3) is 6.69. The van der Waals surface area contributed by atoms with Crippen molar-refractivity contribution in [3.63, 3.8) is 0 Å². The van der Waals surface area contributed by atoms with Crippen LogP contribution in [-0.2, 0) is 6.42 Å². The number of hydrogen-bond donors (Lipinski definition) is 4. The Bertz CT molecular complexity index is 1790. The minimum atomic E-state index is -1.09. The van der Waals surface area contributed by atoms with Crippen LogP contribution in [0.3, 0.4) is 0 Å². The fourth-order valence-corrected chi connectivity index (χ4v) is 5.16. The van der Waals surface area contributed by atoms with Crippen molar-refractivity contribution in [2.45, 2.75) is 6.42 Å². The Kier molecular flexibility index (Phi) is 8.69. The van der Waals surface area contributed by atoms with Crippen molar-refractivity contribution in [2.24, 2.45) is 0 Å². The lowest BCUT2D eigenvalue weighted by molar-refractivity contribution is 0.0686. The first-order valence-electron chi connectivity index (χ1n) is 12.7. The number of carboxylic acids is 2. The van der Waals surface area contributed by atoms with E-state index in [-0.39, 0.29) is 21.2 Å². The molecule has 0 fully saturated rings. The summed E-state index contributed by atoms with van der Waals surface area (Å²) in [4.78, 5) is 22.7. The lowest BCUT2D eigenvalue weighted by Crippen LogP contribution is -1.99. The maximum atomic E-state index is 11.4. The molecule has 0 bridgehead atoms. The molecule has 5 aromatic carbocycles. The second-order valence-electron chi connectivity index (χ2n) is 9.48. The number of rotatable bonds is 9. The molecule has 5 aromatic rings. The fraction of sp³-hybridized carbons (Fsp3) is 0.0303. The lowest BCUT2D eigenvalue weighted by atomic mass is 9.98. The van der Waals surface area contributed by atoms with Crippen molar-refractivity contribution in [1.29, 1.82) is 0 Å². The topological polar surface area (TPSA) is 98.7 Å². The molecule has 0 atom stereocenters. The van der Waals surface area contributed by atoms with Crippen molar-refractivity contribution >= 4 is 69.5 Å². The summed E-state index contributed by atoms with van der Waals surface area (Å²) in [5.41, 5.74) is 6.78. The second kappa shape index (κ2) is 12.6. The number of aromatic carboxylic acids is 2. The molecular weight excluding hydrogens is 595 g/mol. The van der Waals surface area contributed by atoms with Gasteiger partial charge in [-0.2, -0.15) is 0 Å². The Morgan fingerprint density at radius 2 is 1.07 bits per heavy atom. The molecule has 0 aliphatic carbocycles. The van der Waals surface area contributed by atoms with E-state index in [0.29, 0.717) is 22.8 Å². The van der Waals surface area contributed by atoms with Crippen LogP contribution in [0.2, 0.25) is 15.1 Å². The zero-order chi connectivity index (χ0) is 29.8. The van der Waals surface area contributed by atoms with Gasteiger partial charge in [0.2, 0.25) is 0 Å². The van der Waals surface area contributed by atoms with Gasteiger partial charge in [0.05, 0.1) is 26.2 Å². The number of nitrogens with one attached hydrogen (secondary N) is 2. The summed E-state index contributed by atoms with van der Waals surface area (Å²) in [5.74, 6) is -2.17. The van der Waals surface area contributed by atoms with E-state index in [1.54, 1.807) is 24.3 Å². The maximum Gasteiger partial charge on any atom is 0.337 e. The first kappa shape index (κ1) is 29.0. The second-order valence-corrected chi connectivity index (χ2v) is 10.7. The van der Waals surface area contributed by atoms with Gasteiger partial charge in [0, 0.05) is 28.3 Å². The van der Waals surface area contributed by atoms with Crippen LogP contribution in [0.15, 0.2) is 103 Å². The molecule has 6 nitrogen and oxygen atoms in total. The molecule has 5 rings (SSSR count). The van der Waals surface area contributed by atoms with E-state index in [4.69, 9.17) is 34.8 Å². The van der Waals surface area contributed by atoms with E-state index < -0.39 is 11.9 Å². The van der Waals surface area contributed by atoms with Gasteiger partial charge in [-0.15, -0.1) is 0 Å². The van der Waals surface area contributed by atoms with Crippen molar-refractivity contribution in [3.05, 3.63) is 140 Å². The van der Waals surface area contributed by atoms with Gasteiger partial charge in [0.1, 0.15) is 0 Å². The lowest BCUT2D eigenvalue weighted by Gasteiger charge is -2.13. The summed E-state index contributed by atoms with van der Waals surface area (Å²) in [7, 11) is 0. The highest BCUT2D eigenvalue weighted by molar-refractivity contribution is 6.34. The van der Waals surface area contributed by atoms with Crippen LogP contribution in [0, 0.1) is 0 Å². The molecule has 4 N–H and O–H groups in total. The average Bonchev–Trinajstić information content (AvgIpc) is 2.97. The molecule has 0 amide bonds. The SMILES string of the molecule is O=C(O)c1cc(Nc2ccc(Cc3cccc(-c4ccc(Nc5ccc(Cl)c(C(=O)O)c5)cc4)c3Cl)cc2)ccc1Cl. The number of anilines is 4. The van der Waals surface area contributed by atoms with E-state index in [0.717, 1.165) is 33.6 Å². The summed E-state index contributed by atoms with van der Waals surface area (Å²) < 4.78 is 0. The number of hydrogen-bond acceptors (Lipinski definition) is 4. The van der Waals surface area contributed by atoms with Gasteiger partial charge in [-0.1, -0.05) is 77.3 Å². The summed E-state index contributed by atoms with van der Waals surface area (Å²) in [6.07, 6.45) is 0.624. The molecule has 0 saturated carbocycles. The van der Waals surface area contributed by atoms with Gasteiger partial charge >= 0.3 is 11.9 Å². The zero-order valence-electron chi connectivity index (χ0n) is 21.9. The Hall–Kier alpha value is -4.49. The molecule has 0 aromatic heterocycles. The standard InChI is InChI=1S/C33H23Cl3N2O4/c34-29-14-12-24(17-27(29)32(39)40)37-22-8-4-19(5-9-22)16-21-2-1-3-26(31(21)36)20-6-10-23(11-7-20)38-25-13-15-30(35)28(18-25)33(41)42/h1-15,17-18,37-38H,16H2,(H,39,40)(H,41,42). The smallest absolute Gasteiger partial charge is 0.337 e. The third-order valence-corrected chi connectivity index (χ3v) is 7.70. The molecule has 0 saturated heterocycles. The van der Waals surface area contributed by atoms with Gasteiger partial charge < -0.3 is 20.8 Å². The summed E-state index contributed by atoms with van der Waals surface area (Å²) in [6.45, 7) is 0. The molecule has 0 aliphatic rings. The maximum absolute atomic E-state index is 11.4. The predicted molar refractivity (Wildman–Crippen MR) is 170 cm³/mol. The van der Waals surface area contributed by atoms with Gasteiger partial charge in [0.15, 0.2) is 0 Å². The monoisotopic (exact) mass is 616 g/mol. The van der Waals surface area contributed by atoms with Crippen LogP contribution in [-0.4, -0.2) is 22.2 Å². The van der Waals surface area contributed by atoms with Crippen LogP contribution in [0.25, 0.3) is 11.1 Å². The molecular formula is C33H23Cl3N2O4. The number of benzene rings is 5. The molecule has 42 heavy (non-hydrogen) atoms. The molecule has 0 spiro atoms. The Balaban J connectivity index is 1.28. The number of carboxylic acid groups (broad SMARTS) is 2. The molecule has 0 aliphatic heterocycles. The van der Waals surface area contributed by atoms with E-state index in [1.165, 1.54) is 12.1 Å². The quantitative estimate of drug-likeness (QED) is 0.131. The van der Waals surface area contributed by atoms with Crippen LogP contribution >= 0.6 is 34.8 Å². The van der Waals surface area contributed by atoms with Gasteiger partial charge in [-0.25, -0.2) is 9.59 Å². The molecule has 0 radical (unpaired) electrons.